The van der Waals surface area contributed by atoms with Crippen molar-refractivity contribution in [2.24, 2.45) is 5.41 Å². The number of carbonyl (C=O) groups is 3. The summed E-state index contributed by atoms with van der Waals surface area (Å²) in [7, 11) is 1.57. The molecule has 35 heavy (non-hydrogen) atoms. The smallest absolute Gasteiger partial charge is 0.323 e. The quantitative estimate of drug-likeness (QED) is 0.391. The number of carbonyl (C=O) groups excluding carboxylic acids is 2. The molecule has 0 fully saturated rings. The number of rotatable bonds is 7. The average Bonchev–Trinajstić information content (AvgIpc) is 2.86. The Morgan fingerprint density at radius 3 is 2.37 bits per heavy atom. The number of aryl methyl sites for hydroxylation is 1. The van der Waals surface area contributed by atoms with Gasteiger partial charge >= 0.3 is 12.0 Å². The molecule has 4 rings (SSSR count). The van der Waals surface area contributed by atoms with E-state index in [9.17, 15) is 19.5 Å². The Morgan fingerprint density at radius 2 is 1.69 bits per heavy atom. The molecule has 1 unspecified atom stereocenters. The van der Waals surface area contributed by atoms with E-state index in [1.165, 1.54) is 0 Å². The third-order valence-corrected chi connectivity index (χ3v) is 6.67. The van der Waals surface area contributed by atoms with Crippen molar-refractivity contribution >= 4 is 29.2 Å². The highest BCUT2D eigenvalue weighted by Gasteiger charge is 2.42. The molecular formula is C28H28N2O5. The zero-order chi connectivity index (χ0) is 25.0. The molecule has 0 spiro atoms. The fraction of sp³-hybridized carbons (Fsp3) is 0.250. The minimum atomic E-state index is -0.939. The maximum atomic E-state index is 13.2. The van der Waals surface area contributed by atoms with Gasteiger partial charge in [-0.1, -0.05) is 43.3 Å². The number of Topliss-reactive ketones (excluding diaryl/α,β-unsaturated/α-hetero) is 1. The molecule has 7 nitrogen and oxygen atoms in total. The molecule has 2 amide bonds. The second kappa shape index (κ2) is 10.0. The highest BCUT2D eigenvalue weighted by atomic mass is 16.5. The molecule has 0 saturated carbocycles. The first-order valence-corrected chi connectivity index (χ1v) is 11.6. The molecule has 1 aliphatic rings. The molecule has 0 bridgehead atoms. The lowest BCUT2D eigenvalue weighted by atomic mass is 9.67. The Morgan fingerprint density at radius 1 is 0.971 bits per heavy atom. The number of carboxylic acid groups (broad SMARTS) is 1. The molecule has 3 aromatic carbocycles. The van der Waals surface area contributed by atoms with Crippen LogP contribution in [0.3, 0.4) is 0 Å². The predicted molar refractivity (Wildman–Crippen MR) is 135 cm³/mol. The van der Waals surface area contributed by atoms with E-state index < -0.39 is 11.4 Å². The van der Waals surface area contributed by atoms with Gasteiger partial charge in [-0.3, -0.25) is 9.59 Å². The van der Waals surface area contributed by atoms with Crippen LogP contribution >= 0.6 is 0 Å². The van der Waals surface area contributed by atoms with E-state index in [4.69, 9.17) is 4.74 Å². The molecule has 180 valence electrons. The van der Waals surface area contributed by atoms with Gasteiger partial charge in [0.25, 0.3) is 0 Å². The summed E-state index contributed by atoms with van der Waals surface area (Å²) in [5.74, 6) is -0.357. The number of benzene rings is 3. The minimum Gasteiger partial charge on any atom is -0.497 e. The van der Waals surface area contributed by atoms with Crippen LogP contribution in [0.25, 0.3) is 11.1 Å². The fourth-order valence-electron chi connectivity index (χ4n) is 4.64. The van der Waals surface area contributed by atoms with Crippen LogP contribution in [0, 0.1) is 5.41 Å². The van der Waals surface area contributed by atoms with Gasteiger partial charge in [0.05, 0.1) is 13.5 Å². The number of carboxylic acids is 1. The van der Waals surface area contributed by atoms with E-state index in [0.29, 0.717) is 42.0 Å². The third-order valence-electron chi connectivity index (χ3n) is 6.67. The number of ether oxygens (including phenoxy) is 1. The monoisotopic (exact) mass is 472 g/mol. The van der Waals surface area contributed by atoms with Crippen molar-refractivity contribution < 1.29 is 24.2 Å². The number of ketones is 1. The minimum absolute atomic E-state index is 0.0724. The second-order valence-electron chi connectivity index (χ2n) is 8.79. The van der Waals surface area contributed by atoms with Gasteiger partial charge in [-0.25, -0.2) is 4.79 Å². The van der Waals surface area contributed by atoms with Crippen molar-refractivity contribution in [3.63, 3.8) is 0 Å². The van der Waals surface area contributed by atoms with Crippen LogP contribution < -0.4 is 15.4 Å². The third kappa shape index (κ3) is 5.19. The van der Waals surface area contributed by atoms with Gasteiger partial charge in [0, 0.05) is 28.4 Å². The van der Waals surface area contributed by atoms with Crippen molar-refractivity contribution in [1.29, 1.82) is 0 Å². The van der Waals surface area contributed by atoms with Crippen molar-refractivity contribution in [3.05, 3.63) is 77.9 Å². The van der Waals surface area contributed by atoms with Crippen molar-refractivity contribution in [2.75, 3.05) is 17.7 Å². The summed E-state index contributed by atoms with van der Waals surface area (Å²) in [5.41, 5.74) is 3.93. The summed E-state index contributed by atoms with van der Waals surface area (Å²) in [4.78, 5) is 36.8. The number of amides is 2. The van der Waals surface area contributed by atoms with E-state index in [0.717, 1.165) is 16.7 Å². The molecule has 3 aromatic rings. The first-order chi connectivity index (χ1) is 16.8. The van der Waals surface area contributed by atoms with E-state index in [-0.39, 0.29) is 18.2 Å². The molecule has 3 N–H and O–H groups in total. The largest absolute Gasteiger partial charge is 0.497 e. The van der Waals surface area contributed by atoms with Crippen molar-refractivity contribution in [1.82, 2.24) is 0 Å². The van der Waals surface area contributed by atoms with Crippen LogP contribution in [-0.2, 0) is 11.2 Å². The summed E-state index contributed by atoms with van der Waals surface area (Å²) in [6, 6.07) is 19.9. The van der Waals surface area contributed by atoms with Gasteiger partial charge in [0.15, 0.2) is 5.78 Å². The number of methoxy groups -OCH3 is 1. The van der Waals surface area contributed by atoms with Crippen LogP contribution in [0.1, 0.15) is 42.1 Å². The summed E-state index contributed by atoms with van der Waals surface area (Å²) in [6.45, 7) is 1.88. The predicted octanol–water partition coefficient (Wildman–Crippen LogP) is 6.01. The van der Waals surface area contributed by atoms with Gasteiger partial charge in [0.2, 0.25) is 0 Å². The number of hydrogen-bond acceptors (Lipinski definition) is 4. The zero-order valence-corrected chi connectivity index (χ0v) is 19.8. The number of urea groups is 1. The topological polar surface area (TPSA) is 105 Å². The maximum Gasteiger partial charge on any atom is 0.323 e. The first-order valence-electron chi connectivity index (χ1n) is 11.6. The Balaban J connectivity index is 1.46. The lowest BCUT2D eigenvalue weighted by Crippen LogP contribution is -2.37. The molecule has 0 radical (unpaired) electrons. The normalized spacial score (nSPS) is 16.8. The molecule has 1 aliphatic carbocycles. The molecule has 0 saturated heterocycles. The van der Waals surface area contributed by atoms with Crippen LogP contribution in [0.15, 0.2) is 66.7 Å². The molecule has 0 aliphatic heterocycles. The molecule has 0 heterocycles. The van der Waals surface area contributed by atoms with Crippen LogP contribution in [0.5, 0.6) is 5.75 Å². The lowest BCUT2D eigenvalue weighted by molar-refractivity contribution is -0.139. The molecule has 7 heteroatoms. The van der Waals surface area contributed by atoms with Gasteiger partial charge in [-0.05, 0) is 60.2 Å². The highest BCUT2D eigenvalue weighted by molar-refractivity contribution is 6.04. The Hall–Kier alpha value is -4.13. The summed E-state index contributed by atoms with van der Waals surface area (Å²) in [5, 5.41) is 14.9. The summed E-state index contributed by atoms with van der Waals surface area (Å²) >= 11 is 0. The Bertz CT molecular complexity index is 1270. The SMILES string of the molecule is CCC1(CC(=O)O)CCc2cc(-c3ccc(NC(=O)Nc4cccc(OC)c4)cc3)ccc2C1=O. The van der Waals surface area contributed by atoms with Gasteiger partial charge in [0.1, 0.15) is 5.75 Å². The van der Waals surface area contributed by atoms with Crippen LogP contribution in [0.2, 0.25) is 0 Å². The summed E-state index contributed by atoms with van der Waals surface area (Å²) in [6.07, 6.45) is 1.58. The number of hydrogen-bond donors (Lipinski definition) is 3. The summed E-state index contributed by atoms with van der Waals surface area (Å²) < 4.78 is 5.17. The molecular weight excluding hydrogens is 444 g/mol. The van der Waals surface area contributed by atoms with E-state index in [1.54, 1.807) is 31.4 Å². The second-order valence-corrected chi connectivity index (χ2v) is 8.79. The standard InChI is InChI=1S/C28H28N2O5/c1-3-28(17-25(31)32)14-13-20-15-19(9-12-24(20)26(28)33)18-7-10-21(11-8-18)29-27(34)30-22-5-4-6-23(16-22)35-2/h4-12,15-16H,3,13-14,17H2,1-2H3,(H,31,32)(H2,29,30,34). The van der Waals surface area contributed by atoms with E-state index in [1.807, 2.05) is 49.4 Å². The maximum absolute atomic E-state index is 13.2. The number of fused-ring (bicyclic) bond motifs is 1. The van der Waals surface area contributed by atoms with E-state index >= 15 is 0 Å². The van der Waals surface area contributed by atoms with Crippen molar-refractivity contribution in [2.45, 2.75) is 32.6 Å². The Kier molecular flexibility index (Phi) is 6.87. The van der Waals surface area contributed by atoms with Gasteiger partial charge < -0.3 is 20.5 Å². The first kappa shape index (κ1) is 24.0. The van der Waals surface area contributed by atoms with Crippen molar-refractivity contribution in [3.8, 4) is 16.9 Å². The van der Waals surface area contributed by atoms with Gasteiger partial charge in [-0.2, -0.15) is 0 Å². The number of nitrogens with one attached hydrogen (secondary N) is 2. The number of aliphatic carboxylic acids is 1. The zero-order valence-electron chi connectivity index (χ0n) is 19.8. The van der Waals surface area contributed by atoms with Gasteiger partial charge in [-0.15, -0.1) is 0 Å². The molecule has 1 atom stereocenters. The lowest BCUT2D eigenvalue weighted by Gasteiger charge is -2.35. The molecule has 0 aromatic heterocycles. The van der Waals surface area contributed by atoms with E-state index in [2.05, 4.69) is 10.6 Å². The fourth-order valence-corrected chi connectivity index (χ4v) is 4.64. The van der Waals surface area contributed by atoms with Crippen LogP contribution in [0.4, 0.5) is 16.2 Å². The van der Waals surface area contributed by atoms with Crippen LogP contribution in [-0.4, -0.2) is 30.0 Å². The number of anilines is 2. The highest BCUT2D eigenvalue weighted by Crippen LogP contribution is 2.42. The average molecular weight is 473 g/mol. The Labute approximate surface area is 204 Å².